The molecule has 1 N–H and O–H groups in total. The number of anilines is 1. The number of benzene rings is 1. The van der Waals surface area contributed by atoms with Gasteiger partial charge in [-0.3, -0.25) is 4.90 Å². The molecule has 0 radical (unpaired) electrons. The first-order valence-corrected chi connectivity index (χ1v) is 8.42. The van der Waals surface area contributed by atoms with Crippen LogP contribution in [0.1, 0.15) is 25.7 Å². The third kappa shape index (κ3) is 3.53. The van der Waals surface area contributed by atoms with Crippen molar-refractivity contribution >= 4 is 17.3 Å². The molecule has 1 saturated carbocycles. The Morgan fingerprint density at radius 1 is 1.10 bits per heavy atom. The summed E-state index contributed by atoms with van der Waals surface area (Å²) in [5.74, 6) is 0. The van der Waals surface area contributed by atoms with Crippen molar-refractivity contribution in [1.82, 2.24) is 4.90 Å². The average molecular weight is 309 g/mol. The Morgan fingerprint density at radius 2 is 1.81 bits per heavy atom. The van der Waals surface area contributed by atoms with Gasteiger partial charge >= 0.3 is 0 Å². The number of hydrogen-bond donors (Lipinski definition) is 1. The first-order chi connectivity index (χ1) is 10.2. The molecule has 2 aliphatic rings. The average Bonchev–Trinajstić information content (AvgIpc) is 2.97. The Labute approximate surface area is 132 Å². The zero-order chi connectivity index (χ0) is 14.7. The summed E-state index contributed by atoms with van der Waals surface area (Å²) in [4.78, 5) is 4.94. The lowest BCUT2D eigenvalue weighted by molar-refractivity contribution is 0.0757. The lowest BCUT2D eigenvalue weighted by Crippen LogP contribution is -2.50. The molecule has 21 heavy (non-hydrogen) atoms. The predicted octanol–water partition coefficient (Wildman–Crippen LogP) is 3.01. The van der Waals surface area contributed by atoms with Crippen molar-refractivity contribution in [3.05, 3.63) is 29.3 Å². The molecule has 1 aliphatic heterocycles. The van der Waals surface area contributed by atoms with E-state index in [4.69, 9.17) is 11.6 Å². The van der Waals surface area contributed by atoms with Gasteiger partial charge in [-0.15, -0.1) is 0 Å². The number of rotatable bonds is 4. The largest absolute Gasteiger partial charge is 0.396 e. The maximum absolute atomic E-state index is 9.76. The molecule has 1 saturated heterocycles. The topological polar surface area (TPSA) is 26.7 Å². The maximum atomic E-state index is 9.76. The normalized spacial score (nSPS) is 22.7. The Morgan fingerprint density at radius 3 is 2.43 bits per heavy atom. The summed E-state index contributed by atoms with van der Waals surface area (Å²) < 4.78 is 0. The third-order valence-electron chi connectivity index (χ3n) is 5.10. The molecule has 1 aliphatic carbocycles. The summed E-state index contributed by atoms with van der Waals surface area (Å²) in [6.45, 7) is 5.65. The molecule has 116 valence electrons. The van der Waals surface area contributed by atoms with Crippen molar-refractivity contribution in [2.75, 3.05) is 44.2 Å². The van der Waals surface area contributed by atoms with Crippen LogP contribution in [0.15, 0.2) is 24.3 Å². The Balaban J connectivity index is 1.55. The Kier molecular flexibility index (Phi) is 4.72. The molecule has 0 amide bonds. The van der Waals surface area contributed by atoms with Crippen LogP contribution < -0.4 is 4.90 Å². The molecular weight excluding hydrogens is 284 g/mol. The lowest BCUT2D eigenvalue weighted by atomic mass is 9.86. The van der Waals surface area contributed by atoms with Crippen LogP contribution in [0.2, 0.25) is 5.02 Å². The number of hydrogen-bond acceptors (Lipinski definition) is 3. The standard InChI is InChI=1S/C17H25ClN2O/c18-15-4-3-5-16(12-15)20-10-8-19(9-11-20)13-17(14-21)6-1-2-7-17/h3-5,12,21H,1-2,6-11,13-14H2. The van der Waals surface area contributed by atoms with Crippen molar-refractivity contribution < 1.29 is 5.11 Å². The smallest absolute Gasteiger partial charge is 0.0499 e. The fourth-order valence-corrected chi connectivity index (χ4v) is 3.99. The SMILES string of the molecule is OCC1(CN2CCN(c3cccc(Cl)c3)CC2)CCCC1. The van der Waals surface area contributed by atoms with Gasteiger partial charge in [0.15, 0.2) is 0 Å². The number of halogens is 1. The van der Waals surface area contributed by atoms with Gasteiger partial charge in [-0.1, -0.05) is 30.5 Å². The number of aliphatic hydroxyl groups excluding tert-OH is 1. The summed E-state index contributed by atoms with van der Waals surface area (Å²) in [6.07, 6.45) is 4.95. The van der Waals surface area contributed by atoms with Crippen molar-refractivity contribution in [3.63, 3.8) is 0 Å². The highest BCUT2D eigenvalue weighted by atomic mass is 35.5. The van der Waals surface area contributed by atoms with Gasteiger partial charge in [-0.05, 0) is 31.0 Å². The van der Waals surface area contributed by atoms with Crippen LogP contribution in [-0.2, 0) is 0 Å². The second-order valence-electron chi connectivity index (χ2n) is 6.61. The monoisotopic (exact) mass is 308 g/mol. The molecule has 0 atom stereocenters. The molecule has 0 bridgehead atoms. The van der Waals surface area contributed by atoms with Gasteiger partial charge in [-0.25, -0.2) is 0 Å². The fourth-order valence-electron chi connectivity index (χ4n) is 3.80. The minimum atomic E-state index is 0.179. The second-order valence-corrected chi connectivity index (χ2v) is 7.04. The zero-order valence-electron chi connectivity index (χ0n) is 12.6. The van der Waals surface area contributed by atoms with E-state index in [0.717, 1.165) is 37.7 Å². The highest BCUT2D eigenvalue weighted by molar-refractivity contribution is 6.30. The van der Waals surface area contributed by atoms with Gasteiger partial charge in [0.25, 0.3) is 0 Å². The molecule has 1 aromatic rings. The number of nitrogens with zero attached hydrogens (tertiary/aromatic N) is 2. The quantitative estimate of drug-likeness (QED) is 0.926. The molecule has 1 aromatic carbocycles. The van der Waals surface area contributed by atoms with Gasteiger partial charge in [0.2, 0.25) is 0 Å². The zero-order valence-corrected chi connectivity index (χ0v) is 13.4. The van der Waals surface area contributed by atoms with Crippen LogP contribution in [0.25, 0.3) is 0 Å². The van der Waals surface area contributed by atoms with Gasteiger partial charge in [0.1, 0.15) is 0 Å². The van der Waals surface area contributed by atoms with E-state index < -0.39 is 0 Å². The summed E-state index contributed by atoms with van der Waals surface area (Å²) in [5, 5.41) is 10.6. The van der Waals surface area contributed by atoms with Crippen LogP contribution in [0.5, 0.6) is 0 Å². The summed E-state index contributed by atoms with van der Waals surface area (Å²) in [7, 11) is 0. The van der Waals surface area contributed by atoms with Gasteiger partial charge in [-0.2, -0.15) is 0 Å². The minimum absolute atomic E-state index is 0.179. The van der Waals surface area contributed by atoms with Crippen LogP contribution in [0.4, 0.5) is 5.69 Å². The van der Waals surface area contributed by atoms with Gasteiger partial charge in [0, 0.05) is 55.5 Å². The van der Waals surface area contributed by atoms with E-state index in [2.05, 4.69) is 15.9 Å². The van der Waals surface area contributed by atoms with E-state index >= 15 is 0 Å². The van der Waals surface area contributed by atoms with Crippen LogP contribution in [0, 0.1) is 5.41 Å². The van der Waals surface area contributed by atoms with E-state index in [1.54, 1.807) is 0 Å². The van der Waals surface area contributed by atoms with Gasteiger partial charge < -0.3 is 10.0 Å². The second kappa shape index (κ2) is 6.55. The summed E-state index contributed by atoms with van der Waals surface area (Å²) >= 11 is 6.08. The molecule has 2 fully saturated rings. The Hall–Kier alpha value is -0.770. The van der Waals surface area contributed by atoms with Crippen LogP contribution in [-0.4, -0.2) is 49.3 Å². The van der Waals surface area contributed by atoms with Crippen LogP contribution >= 0.6 is 11.6 Å². The van der Waals surface area contributed by atoms with E-state index in [9.17, 15) is 5.11 Å². The van der Waals surface area contributed by atoms with Crippen molar-refractivity contribution in [3.8, 4) is 0 Å². The molecule has 1 heterocycles. The molecule has 0 spiro atoms. The van der Waals surface area contributed by atoms with E-state index in [0.29, 0.717) is 6.61 Å². The molecule has 3 rings (SSSR count). The first kappa shape index (κ1) is 15.1. The van der Waals surface area contributed by atoms with Gasteiger partial charge in [0.05, 0.1) is 0 Å². The first-order valence-electron chi connectivity index (χ1n) is 8.05. The summed E-state index contributed by atoms with van der Waals surface area (Å²) in [6, 6.07) is 8.12. The lowest BCUT2D eigenvalue weighted by Gasteiger charge is -2.40. The van der Waals surface area contributed by atoms with Crippen molar-refractivity contribution in [2.45, 2.75) is 25.7 Å². The Bertz CT molecular complexity index is 466. The highest BCUT2D eigenvalue weighted by Gasteiger charge is 2.35. The maximum Gasteiger partial charge on any atom is 0.0499 e. The molecular formula is C17H25ClN2O. The van der Waals surface area contributed by atoms with Crippen LogP contribution in [0.3, 0.4) is 0 Å². The van der Waals surface area contributed by atoms with E-state index in [-0.39, 0.29) is 5.41 Å². The highest BCUT2D eigenvalue weighted by Crippen LogP contribution is 2.38. The van der Waals surface area contributed by atoms with Crippen molar-refractivity contribution in [2.24, 2.45) is 5.41 Å². The molecule has 3 nitrogen and oxygen atoms in total. The van der Waals surface area contributed by atoms with E-state index in [1.807, 2.05) is 18.2 Å². The third-order valence-corrected chi connectivity index (χ3v) is 5.34. The fraction of sp³-hybridized carbons (Fsp3) is 0.647. The summed E-state index contributed by atoms with van der Waals surface area (Å²) in [5.41, 5.74) is 1.40. The van der Waals surface area contributed by atoms with E-state index in [1.165, 1.54) is 31.4 Å². The molecule has 0 unspecified atom stereocenters. The molecule has 4 heteroatoms. The minimum Gasteiger partial charge on any atom is -0.396 e. The number of piperazine rings is 1. The number of aliphatic hydroxyl groups is 1. The predicted molar refractivity (Wildman–Crippen MR) is 88.1 cm³/mol. The molecule has 0 aromatic heterocycles. The van der Waals surface area contributed by atoms with Crippen molar-refractivity contribution in [1.29, 1.82) is 0 Å².